The van der Waals surface area contributed by atoms with Crippen LogP contribution in [0.3, 0.4) is 0 Å². The Bertz CT molecular complexity index is 636. The first kappa shape index (κ1) is 21.6. The van der Waals surface area contributed by atoms with Gasteiger partial charge in [-0.1, -0.05) is 76.1 Å². The Balaban J connectivity index is 1.30. The zero-order chi connectivity index (χ0) is 19.8. The smallest absolute Gasteiger partial charge is 0.141 e. The van der Waals surface area contributed by atoms with Gasteiger partial charge in [0.15, 0.2) is 0 Å². The highest BCUT2D eigenvalue weighted by Crippen LogP contribution is 2.42. The maximum Gasteiger partial charge on any atom is 0.141 e. The van der Waals surface area contributed by atoms with Gasteiger partial charge in [-0.05, 0) is 61.1 Å². The predicted octanol–water partition coefficient (Wildman–Crippen LogP) is 7.26. The second kappa shape index (κ2) is 11.1. The molecule has 0 unspecified atom stereocenters. The molecule has 28 heavy (non-hydrogen) atoms. The number of aryl methyl sites for hydroxylation is 1. The molecule has 2 fully saturated rings. The van der Waals surface area contributed by atoms with Crippen LogP contribution in [-0.2, 0) is 6.42 Å². The van der Waals surface area contributed by atoms with Gasteiger partial charge in [0, 0.05) is 8.80 Å². The zero-order valence-electron chi connectivity index (χ0n) is 17.8. The van der Waals surface area contributed by atoms with Crippen LogP contribution < -0.4 is 0 Å². The van der Waals surface area contributed by atoms with Gasteiger partial charge in [0.05, 0.1) is 5.56 Å². The Morgan fingerprint density at radius 1 is 1.04 bits per heavy atom. The fraction of sp³-hybridized carbons (Fsp3) is 0.720. The third-order valence-electron chi connectivity index (χ3n) is 7.63. The second-order valence-corrected chi connectivity index (χ2v) is 13.0. The molecular formula is C25H38FNSi. The summed E-state index contributed by atoms with van der Waals surface area (Å²) >= 11 is 0. The topological polar surface area (TPSA) is 23.8 Å². The number of benzene rings is 1. The largest absolute Gasteiger partial charge is 0.206 e. The Kier molecular flexibility index (Phi) is 8.58. The van der Waals surface area contributed by atoms with Gasteiger partial charge in [0.1, 0.15) is 11.9 Å². The molecule has 3 heteroatoms. The summed E-state index contributed by atoms with van der Waals surface area (Å²) in [6.07, 6.45) is 15.1. The Labute approximate surface area is 173 Å². The van der Waals surface area contributed by atoms with Crippen molar-refractivity contribution in [1.82, 2.24) is 0 Å². The minimum Gasteiger partial charge on any atom is -0.206 e. The molecule has 0 spiro atoms. The van der Waals surface area contributed by atoms with Gasteiger partial charge in [0.25, 0.3) is 0 Å². The van der Waals surface area contributed by atoms with Gasteiger partial charge in [-0.25, -0.2) is 4.39 Å². The van der Waals surface area contributed by atoms with Crippen molar-refractivity contribution in [2.75, 3.05) is 0 Å². The standard InChI is InChI=1S/C25H38FNSi/c1-2-15-28-16-13-23(14-17-28)22-10-7-20(8-11-22)5-3-4-6-21-9-12-24(19-27)25(26)18-21/h9,12,18,20,22-23,28H,2-8,10-11,13-17H2,1H3. The number of nitriles is 1. The molecule has 2 aliphatic rings. The Morgan fingerprint density at radius 2 is 1.75 bits per heavy atom. The summed E-state index contributed by atoms with van der Waals surface area (Å²) in [5.74, 6) is 2.66. The van der Waals surface area contributed by atoms with Crippen LogP contribution in [0.1, 0.15) is 82.3 Å². The summed E-state index contributed by atoms with van der Waals surface area (Å²) in [4.78, 5) is 0. The van der Waals surface area contributed by atoms with Crippen molar-refractivity contribution < 1.29 is 4.39 Å². The highest BCUT2D eigenvalue weighted by Gasteiger charge is 2.30. The molecule has 1 nitrogen and oxygen atoms in total. The van der Waals surface area contributed by atoms with Crippen LogP contribution in [0.25, 0.3) is 0 Å². The third kappa shape index (κ3) is 6.18. The molecule has 3 rings (SSSR count). The molecular weight excluding hydrogens is 361 g/mol. The van der Waals surface area contributed by atoms with E-state index >= 15 is 0 Å². The molecule has 1 aliphatic carbocycles. The highest BCUT2D eigenvalue weighted by atomic mass is 28.3. The summed E-state index contributed by atoms with van der Waals surface area (Å²) in [6.45, 7) is 2.36. The highest BCUT2D eigenvalue weighted by molar-refractivity contribution is 6.58. The van der Waals surface area contributed by atoms with Crippen LogP contribution in [0.2, 0.25) is 18.1 Å². The quantitative estimate of drug-likeness (QED) is 0.333. The van der Waals surface area contributed by atoms with Crippen molar-refractivity contribution in [3.05, 3.63) is 35.1 Å². The number of hydrogen-bond donors (Lipinski definition) is 0. The van der Waals surface area contributed by atoms with E-state index in [2.05, 4.69) is 6.92 Å². The fourth-order valence-electron chi connectivity index (χ4n) is 5.87. The first-order valence-electron chi connectivity index (χ1n) is 11.9. The first-order valence-corrected chi connectivity index (χ1v) is 14.3. The zero-order valence-corrected chi connectivity index (χ0v) is 18.9. The van der Waals surface area contributed by atoms with Crippen molar-refractivity contribution in [1.29, 1.82) is 5.26 Å². The minimum absolute atomic E-state index is 0.154. The van der Waals surface area contributed by atoms with E-state index in [1.807, 2.05) is 12.1 Å². The molecule has 1 saturated heterocycles. The number of unbranched alkanes of at least 4 members (excludes halogenated alkanes) is 1. The maximum absolute atomic E-state index is 13.7. The monoisotopic (exact) mass is 399 g/mol. The lowest BCUT2D eigenvalue weighted by atomic mass is 9.73. The van der Waals surface area contributed by atoms with Crippen molar-refractivity contribution >= 4 is 8.80 Å². The van der Waals surface area contributed by atoms with Gasteiger partial charge in [-0.15, -0.1) is 0 Å². The number of nitrogens with zero attached hydrogens (tertiary/aromatic N) is 1. The van der Waals surface area contributed by atoms with Gasteiger partial charge in [0.2, 0.25) is 0 Å². The minimum atomic E-state index is -0.371. The molecule has 0 atom stereocenters. The fourth-order valence-corrected chi connectivity index (χ4v) is 9.35. The van der Waals surface area contributed by atoms with Crippen molar-refractivity contribution in [3.8, 4) is 6.07 Å². The van der Waals surface area contributed by atoms with Crippen LogP contribution in [0.15, 0.2) is 18.2 Å². The average Bonchev–Trinajstić information content (AvgIpc) is 2.73. The lowest BCUT2D eigenvalue weighted by Gasteiger charge is -2.37. The van der Waals surface area contributed by atoms with Crippen LogP contribution >= 0.6 is 0 Å². The van der Waals surface area contributed by atoms with Crippen LogP contribution in [0.4, 0.5) is 4.39 Å². The van der Waals surface area contributed by atoms with Gasteiger partial charge in [-0.3, -0.25) is 0 Å². The summed E-state index contributed by atoms with van der Waals surface area (Å²) in [5.41, 5.74) is 1.18. The second-order valence-electron chi connectivity index (χ2n) is 9.52. The summed E-state index contributed by atoms with van der Waals surface area (Å²) in [7, 11) is -0.324. The summed E-state index contributed by atoms with van der Waals surface area (Å²) in [5, 5.41) is 8.81. The molecule has 1 aromatic carbocycles. The van der Waals surface area contributed by atoms with Crippen LogP contribution in [-0.4, -0.2) is 8.80 Å². The van der Waals surface area contributed by atoms with Crippen molar-refractivity contribution in [2.24, 2.45) is 17.8 Å². The van der Waals surface area contributed by atoms with Crippen LogP contribution in [0.5, 0.6) is 0 Å². The Morgan fingerprint density at radius 3 is 2.39 bits per heavy atom. The number of rotatable bonds is 8. The average molecular weight is 400 g/mol. The number of hydrogen-bond acceptors (Lipinski definition) is 1. The van der Waals surface area contributed by atoms with E-state index in [1.54, 1.807) is 43.1 Å². The van der Waals surface area contributed by atoms with E-state index in [0.717, 1.165) is 36.2 Å². The molecule has 0 amide bonds. The molecule has 1 heterocycles. The van der Waals surface area contributed by atoms with E-state index in [-0.39, 0.29) is 20.2 Å². The first-order chi connectivity index (χ1) is 13.7. The molecule has 1 aliphatic heterocycles. The molecule has 1 aromatic rings. The van der Waals surface area contributed by atoms with E-state index < -0.39 is 0 Å². The summed E-state index contributed by atoms with van der Waals surface area (Å²) in [6, 6.07) is 11.8. The third-order valence-corrected chi connectivity index (χ3v) is 11.3. The molecule has 0 radical (unpaired) electrons. The lowest BCUT2D eigenvalue weighted by molar-refractivity contribution is 0.184. The molecule has 0 aromatic heterocycles. The predicted molar refractivity (Wildman–Crippen MR) is 119 cm³/mol. The molecule has 1 saturated carbocycles. The molecule has 0 N–H and O–H groups in total. The lowest BCUT2D eigenvalue weighted by Crippen LogP contribution is -2.28. The summed E-state index contributed by atoms with van der Waals surface area (Å²) < 4.78 is 13.7. The van der Waals surface area contributed by atoms with Crippen molar-refractivity contribution in [2.45, 2.75) is 95.7 Å². The van der Waals surface area contributed by atoms with E-state index in [1.165, 1.54) is 44.9 Å². The molecule has 154 valence electrons. The normalized spacial score (nSPS) is 28.0. The van der Waals surface area contributed by atoms with Gasteiger partial charge in [-0.2, -0.15) is 5.26 Å². The molecule has 0 bridgehead atoms. The number of halogens is 1. The Hall–Kier alpha value is -1.14. The maximum atomic E-state index is 13.7. The van der Waals surface area contributed by atoms with Gasteiger partial charge < -0.3 is 0 Å². The van der Waals surface area contributed by atoms with E-state index in [0.29, 0.717) is 0 Å². The van der Waals surface area contributed by atoms with E-state index in [4.69, 9.17) is 5.26 Å². The van der Waals surface area contributed by atoms with E-state index in [9.17, 15) is 4.39 Å². The van der Waals surface area contributed by atoms with Crippen molar-refractivity contribution in [3.63, 3.8) is 0 Å². The van der Waals surface area contributed by atoms with Gasteiger partial charge >= 0.3 is 0 Å². The SMILES string of the molecule is CCC[SiH]1CCC(C2CCC(CCCCc3ccc(C#N)c(F)c3)CC2)CC1. The van der Waals surface area contributed by atoms with Crippen LogP contribution in [0, 0.1) is 34.9 Å².